The Morgan fingerprint density at radius 1 is 1.07 bits per heavy atom. The van der Waals surface area contributed by atoms with Crippen LogP contribution in [0.1, 0.15) is 22.3 Å². The number of nitrogens with zero attached hydrogens (tertiary/aromatic N) is 2. The molecule has 0 fully saturated rings. The van der Waals surface area contributed by atoms with Crippen molar-refractivity contribution in [3.63, 3.8) is 0 Å². The molecule has 0 atom stereocenters. The first-order chi connectivity index (χ1) is 14.0. The van der Waals surface area contributed by atoms with E-state index in [0.717, 1.165) is 21.2 Å². The van der Waals surface area contributed by atoms with Crippen molar-refractivity contribution < 1.29 is 14.2 Å². The maximum Gasteiger partial charge on any atom is 0.165 e. The van der Waals surface area contributed by atoms with E-state index in [0.29, 0.717) is 34.4 Å². The predicted octanol–water partition coefficient (Wildman–Crippen LogP) is 5.84. The quantitative estimate of drug-likeness (QED) is 0.431. The number of rotatable bonds is 7. The molecule has 0 saturated heterocycles. The molecular weight excluding hydrogens is 456 g/mol. The molecule has 29 heavy (non-hydrogen) atoms. The van der Waals surface area contributed by atoms with Crippen LogP contribution in [0.5, 0.6) is 17.2 Å². The van der Waals surface area contributed by atoms with Crippen LogP contribution in [0.4, 0.5) is 0 Å². The lowest BCUT2D eigenvalue weighted by Gasteiger charge is -2.15. The summed E-state index contributed by atoms with van der Waals surface area (Å²) in [6.07, 6.45) is 3.15. The molecule has 0 radical (unpaired) electrons. The molecule has 7 heteroatoms. The number of hydrogen-bond acceptors (Lipinski definition) is 5. The second-order valence-corrected chi connectivity index (χ2v) is 7.49. The van der Waals surface area contributed by atoms with E-state index in [4.69, 9.17) is 31.1 Å². The van der Waals surface area contributed by atoms with Crippen molar-refractivity contribution in [2.75, 3.05) is 7.11 Å². The van der Waals surface area contributed by atoms with Gasteiger partial charge in [0.15, 0.2) is 11.5 Å². The standard InChI is InChI=1S/C22H18BrClN2O3/c1-14-17(4-3-5-18(14)23)13-29-20-8-22(21(27-2)7-19(20)24)28-12-16-6-15(9-25)10-26-11-16/h3-8,10-11H,12-13H2,1-2H3. The van der Waals surface area contributed by atoms with Crippen molar-refractivity contribution in [2.45, 2.75) is 20.1 Å². The summed E-state index contributed by atoms with van der Waals surface area (Å²) >= 11 is 9.89. The van der Waals surface area contributed by atoms with Gasteiger partial charge in [-0.15, -0.1) is 0 Å². The maximum absolute atomic E-state index is 9.00. The van der Waals surface area contributed by atoms with Gasteiger partial charge < -0.3 is 14.2 Å². The summed E-state index contributed by atoms with van der Waals surface area (Å²) in [5.41, 5.74) is 3.41. The van der Waals surface area contributed by atoms with E-state index in [-0.39, 0.29) is 6.61 Å². The average Bonchev–Trinajstić information content (AvgIpc) is 2.74. The Bertz CT molecular complexity index is 1070. The van der Waals surface area contributed by atoms with Crippen molar-refractivity contribution in [3.05, 3.63) is 80.5 Å². The second kappa shape index (κ2) is 9.64. The fourth-order valence-corrected chi connectivity index (χ4v) is 3.27. The van der Waals surface area contributed by atoms with Crippen LogP contribution < -0.4 is 14.2 Å². The van der Waals surface area contributed by atoms with Gasteiger partial charge in [-0.05, 0) is 30.2 Å². The summed E-state index contributed by atoms with van der Waals surface area (Å²) in [4.78, 5) is 4.04. The zero-order valence-electron chi connectivity index (χ0n) is 15.9. The fraction of sp³-hybridized carbons (Fsp3) is 0.182. The van der Waals surface area contributed by atoms with E-state index >= 15 is 0 Å². The monoisotopic (exact) mass is 472 g/mol. The van der Waals surface area contributed by atoms with Crippen LogP contribution in [0, 0.1) is 18.3 Å². The van der Waals surface area contributed by atoms with Crippen molar-refractivity contribution >= 4 is 27.5 Å². The number of benzene rings is 2. The molecule has 0 unspecified atom stereocenters. The molecule has 0 aliphatic heterocycles. The minimum absolute atomic E-state index is 0.227. The predicted molar refractivity (Wildman–Crippen MR) is 114 cm³/mol. The molecular formula is C22H18BrClN2O3. The topological polar surface area (TPSA) is 64.4 Å². The third kappa shape index (κ3) is 5.20. The molecule has 0 N–H and O–H groups in total. The van der Waals surface area contributed by atoms with Crippen LogP contribution in [0.25, 0.3) is 0 Å². The number of nitriles is 1. The lowest BCUT2D eigenvalue weighted by Crippen LogP contribution is -2.02. The molecule has 2 aromatic carbocycles. The number of hydrogen-bond donors (Lipinski definition) is 0. The van der Waals surface area contributed by atoms with Gasteiger partial charge >= 0.3 is 0 Å². The first-order valence-corrected chi connectivity index (χ1v) is 9.90. The van der Waals surface area contributed by atoms with Crippen LogP contribution in [-0.4, -0.2) is 12.1 Å². The third-order valence-electron chi connectivity index (χ3n) is 4.30. The number of halogens is 2. The van der Waals surface area contributed by atoms with Gasteiger partial charge in [0.2, 0.25) is 0 Å². The highest BCUT2D eigenvalue weighted by Crippen LogP contribution is 2.38. The van der Waals surface area contributed by atoms with E-state index in [1.54, 1.807) is 31.5 Å². The number of ether oxygens (including phenoxy) is 3. The van der Waals surface area contributed by atoms with Gasteiger partial charge in [0.1, 0.15) is 25.0 Å². The van der Waals surface area contributed by atoms with E-state index in [1.165, 1.54) is 6.20 Å². The van der Waals surface area contributed by atoms with E-state index in [2.05, 4.69) is 27.0 Å². The van der Waals surface area contributed by atoms with Crippen molar-refractivity contribution in [3.8, 4) is 23.3 Å². The molecule has 0 bridgehead atoms. The van der Waals surface area contributed by atoms with Gasteiger partial charge in [0.05, 0.1) is 17.7 Å². The molecule has 0 amide bonds. The smallest absolute Gasteiger partial charge is 0.165 e. The van der Waals surface area contributed by atoms with E-state index in [1.807, 2.05) is 25.1 Å². The summed E-state index contributed by atoms with van der Waals surface area (Å²) in [5.74, 6) is 1.47. The van der Waals surface area contributed by atoms with Crippen molar-refractivity contribution in [1.82, 2.24) is 4.98 Å². The summed E-state index contributed by atoms with van der Waals surface area (Å²) in [5, 5.41) is 9.43. The first-order valence-electron chi connectivity index (χ1n) is 8.73. The molecule has 148 valence electrons. The normalized spacial score (nSPS) is 10.3. The Hall–Kier alpha value is -2.75. The Morgan fingerprint density at radius 2 is 1.86 bits per heavy atom. The Labute approximate surface area is 182 Å². The highest BCUT2D eigenvalue weighted by Gasteiger charge is 2.13. The molecule has 0 aliphatic rings. The summed E-state index contributed by atoms with van der Waals surface area (Å²) in [7, 11) is 1.54. The first kappa shape index (κ1) is 21.0. The molecule has 1 aromatic heterocycles. The molecule has 3 rings (SSSR count). The highest BCUT2D eigenvalue weighted by atomic mass is 79.9. The summed E-state index contributed by atoms with van der Waals surface area (Å²) in [6, 6.07) is 13.1. The van der Waals surface area contributed by atoms with Crippen LogP contribution >= 0.6 is 27.5 Å². The largest absolute Gasteiger partial charge is 0.493 e. The average molecular weight is 474 g/mol. The van der Waals surface area contributed by atoms with E-state index < -0.39 is 0 Å². The molecule has 5 nitrogen and oxygen atoms in total. The summed E-state index contributed by atoms with van der Waals surface area (Å²) in [6.45, 7) is 2.62. The zero-order chi connectivity index (χ0) is 20.8. The zero-order valence-corrected chi connectivity index (χ0v) is 18.3. The van der Waals surface area contributed by atoms with Crippen molar-refractivity contribution in [1.29, 1.82) is 5.26 Å². The molecule has 3 aromatic rings. The maximum atomic E-state index is 9.00. The van der Waals surface area contributed by atoms with Gasteiger partial charge in [-0.1, -0.05) is 39.7 Å². The molecule has 0 saturated carbocycles. The lowest BCUT2D eigenvalue weighted by atomic mass is 10.1. The van der Waals surface area contributed by atoms with Gasteiger partial charge in [-0.3, -0.25) is 4.98 Å². The minimum Gasteiger partial charge on any atom is -0.493 e. The summed E-state index contributed by atoms with van der Waals surface area (Å²) < 4.78 is 18.2. The van der Waals surface area contributed by atoms with Crippen molar-refractivity contribution in [2.24, 2.45) is 0 Å². The number of pyridine rings is 1. The van der Waals surface area contributed by atoms with Crippen LogP contribution in [0.15, 0.2) is 53.3 Å². The van der Waals surface area contributed by atoms with E-state index in [9.17, 15) is 0 Å². The lowest BCUT2D eigenvalue weighted by molar-refractivity contribution is 0.274. The van der Waals surface area contributed by atoms with Gasteiger partial charge in [-0.2, -0.15) is 5.26 Å². The number of methoxy groups -OCH3 is 1. The van der Waals surface area contributed by atoms with Crippen LogP contribution in [0.2, 0.25) is 5.02 Å². The minimum atomic E-state index is 0.227. The Kier molecular flexibility index (Phi) is 6.97. The molecule has 0 spiro atoms. The van der Waals surface area contributed by atoms with Gasteiger partial charge in [-0.25, -0.2) is 0 Å². The number of aromatic nitrogens is 1. The fourth-order valence-electron chi connectivity index (χ4n) is 2.65. The second-order valence-electron chi connectivity index (χ2n) is 6.23. The van der Waals surface area contributed by atoms with Crippen LogP contribution in [0.3, 0.4) is 0 Å². The Morgan fingerprint density at radius 3 is 2.62 bits per heavy atom. The Balaban J connectivity index is 1.78. The SMILES string of the molecule is COc1cc(Cl)c(OCc2cccc(Br)c2C)cc1OCc1cncc(C#N)c1. The van der Waals surface area contributed by atoms with Gasteiger partial charge in [0.25, 0.3) is 0 Å². The molecule has 1 heterocycles. The van der Waals surface area contributed by atoms with Gasteiger partial charge in [0, 0.05) is 34.6 Å². The molecule has 0 aliphatic carbocycles. The van der Waals surface area contributed by atoms with Crippen LogP contribution in [-0.2, 0) is 13.2 Å². The highest BCUT2D eigenvalue weighted by molar-refractivity contribution is 9.10. The third-order valence-corrected chi connectivity index (χ3v) is 5.45.